The third-order valence-corrected chi connectivity index (χ3v) is 4.01. The molecule has 1 aromatic heterocycles. The van der Waals surface area contributed by atoms with Crippen LogP contribution in [0.5, 0.6) is 0 Å². The van der Waals surface area contributed by atoms with Crippen molar-refractivity contribution in [2.75, 3.05) is 5.43 Å². The van der Waals surface area contributed by atoms with Crippen LogP contribution >= 0.6 is 0 Å². The number of anilines is 1. The third kappa shape index (κ3) is 5.27. The topological polar surface area (TPSA) is 67.5 Å². The van der Waals surface area contributed by atoms with Crippen LogP contribution in [-0.4, -0.2) is 27.3 Å². The molecule has 0 aliphatic heterocycles. The molecule has 3 aromatic rings. The molecule has 0 amide bonds. The molecule has 6 nitrogen and oxygen atoms in total. The summed E-state index contributed by atoms with van der Waals surface area (Å²) in [5.74, 6) is 0.119. The molecule has 0 aliphatic rings. The van der Waals surface area contributed by atoms with Crippen molar-refractivity contribution < 1.29 is 26.3 Å². The Balaban J connectivity index is 1.84. The highest BCUT2D eigenvalue weighted by Gasteiger charge is 2.33. The second-order valence-electron chi connectivity index (χ2n) is 6.17. The maximum Gasteiger partial charge on any atom is 0.417 e. The Morgan fingerprint density at radius 2 is 1.32 bits per heavy atom. The van der Waals surface area contributed by atoms with Crippen LogP contribution in [0.15, 0.2) is 58.7 Å². The average Bonchev–Trinajstić information content (AvgIpc) is 3.05. The van der Waals surface area contributed by atoms with Crippen LogP contribution < -0.4 is 5.43 Å². The number of hydrogen-bond acceptors (Lipinski definition) is 5. The van der Waals surface area contributed by atoms with Gasteiger partial charge in [0.15, 0.2) is 5.82 Å². The third-order valence-electron chi connectivity index (χ3n) is 4.01. The Morgan fingerprint density at radius 3 is 1.87 bits per heavy atom. The Morgan fingerprint density at radius 1 is 0.806 bits per heavy atom. The summed E-state index contributed by atoms with van der Waals surface area (Å²) in [5.41, 5.74) is 0.278. The molecule has 0 aliphatic carbocycles. The predicted octanol–water partition coefficient (Wildman–Crippen LogP) is 4.95. The first-order chi connectivity index (χ1) is 14.6. The first-order valence-corrected chi connectivity index (χ1v) is 8.65. The van der Waals surface area contributed by atoms with Gasteiger partial charge in [-0.25, -0.2) is 5.43 Å². The van der Waals surface area contributed by atoms with Gasteiger partial charge in [-0.2, -0.15) is 41.2 Å². The van der Waals surface area contributed by atoms with E-state index < -0.39 is 23.5 Å². The lowest BCUT2D eigenvalue weighted by Crippen LogP contribution is -2.09. The predicted molar refractivity (Wildman–Crippen MR) is 102 cm³/mol. The molecule has 1 heterocycles. The molecule has 2 aromatic carbocycles. The van der Waals surface area contributed by atoms with Crippen LogP contribution in [-0.2, 0) is 12.4 Å². The first-order valence-electron chi connectivity index (χ1n) is 8.65. The first kappa shape index (κ1) is 22.0. The van der Waals surface area contributed by atoms with Crippen molar-refractivity contribution in [3.8, 4) is 0 Å². The maximum absolute atomic E-state index is 13.1. The minimum absolute atomic E-state index is 0.0982. The zero-order valence-electron chi connectivity index (χ0n) is 15.8. The summed E-state index contributed by atoms with van der Waals surface area (Å²) in [6.07, 6.45) is -7.20. The lowest BCUT2D eigenvalue weighted by molar-refractivity contribution is -0.138. The van der Waals surface area contributed by atoms with Gasteiger partial charge in [-0.3, -0.25) is 0 Å². The van der Waals surface area contributed by atoms with E-state index in [0.29, 0.717) is 0 Å². The molecule has 0 spiro atoms. The van der Waals surface area contributed by atoms with E-state index in [9.17, 15) is 26.3 Å². The lowest BCUT2D eigenvalue weighted by Gasteiger charge is -2.09. The maximum atomic E-state index is 13.1. The van der Waals surface area contributed by atoms with Gasteiger partial charge < -0.3 is 0 Å². The number of halogens is 6. The fourth-order valence-electron chi connectivity index (χ4n) is 2.58. The highest BCUT2D eigenvalue weighted by atomic mass is 19.4. The number of alkyl halides is 6. The number of nitrogens with one attached hydrogen (secondary N) is 1. The van der Waals surface area contributed by atoms with Crippen molar-refractivity contribution in [3.63, 3.8) is 0 Å². The van der Waals surface area contributed by atoms with Crippen LogP contribution in [0.3, 0.4) is 0 Å². The monoisotopic (exact) mass is 440 g/mol. The van der Waals surface area contributed by atoms with Crippen LogP contribution in [0.1, 0.15) is 28.1 Å². The number of benzene rings is 2. The van der Waals surface area contributed by atoms with Gasteiger partial charge in [0.1, 0.15) is 0 Å². The molecule has 0 atom stereocenters. The molecule has 1 N–H and O–H groups in total. The standard InChI is InChI=1S/C19H14F6N6/c1-12-28-30-17(29-26-10-13-6-2-4-8-15(13)18(20,21)22)31(12)27-11-14-7-3-5-9-16(14)19(23,24)25/h2-11H,1H3,(H,29,30)/b26-10+,27-11-. The molecule has 0 unspecified atom stereocenters. The Hall–Kier alpha value is -3.70. The largest absolute Gasteiger partial charge is 0.417 e. The number of nitrogens with zero attached hydrogens (tertiary/aromatic N) is 5. The second-order valence-corrected chi connectivity index (χ2v) is 6.17. The van der Waals surface area contributed by atoms with Gasteiger partial charge in [0.05, 0.1) is 23.6 Å². The Bertz CT molecular complexity index is 1110. The van der Waals surface area contributed by atoms with Gasteiger partial charge in [0.2, 0.25) is 0 Å². The van der Waals surface area contributed by atoms with Gasteiger partial charge in [0, 0.05) is 11.1 Å². The molecule has 0 radical (unpaired) electrons. The molecule has 0 saturated heterocycles. The Labute approximate surface area is 171 Å². The number of rotatable bonds is 5. The van der Waals surface area contributed by atoms with Gasteiger partial charge in [-0.15, -0.1) is 10.2 Å². The van der Waals surface area contributed by atoms with Crippen molar-refractivity contribution in [2.45, 2.75) is 19.3 Å². The quantitative estimate of drug-likeness (QED) is 0.347. The molecule has 0 bridgehead atoms. The lowest BCUT2D eigenvalue weighted by atomic mass is 10.1. The van der Waals surface area contributed by atoms with Crippen LogP contribution in [0.4, 0.5) is 32.3 Å². The van der Waals surface area contributed by atoms with Crippen molar-refractivity contribution in [3.05, 3.63) is 76.6 Å². The molecule has 31 heavy (non-hydrogen) atoms. The number of hydrazone groups is 1. The highest BCUT2D eigenvalue weighted by Crippen LogP contribution is 2.32. The molecule has 0 fully saturated rings. The van der Waals surface area contributed by atoms with E-state index in [0.717, 1.165) is 29.2 Å². The minimum Gasteiger partial charge on any atom is -0.244 e. The second kappa shape index (κ2) is 8.58. The molecule has 3 rings (SSSR count). The fraction of sp³-hybridized carbons (Fsp3) is 0.158. The average molecular weight is 440 g/mol. The molecule has 162 valence electrons. The minimum atomic E-state index is -4.57. The van der Waals surface area contributed by atoms with E-state index in [1.165, 1.54) is 43.3 Å². The van der Waals surface area contributed by atoms with Crippen LogP contribution in [0.25, 0.3) is 0 Å². The van der Waals surface area contributed by atoms with E-state index in [1.54, 1.807) is 0 Å². The summed E-state index contributed by atoms with van der Waals surface area (Å²) in [6.45, 7) is 1.49. The number of hydrogen-bond donors (Lipinski definition) is 1. The molecular weight excluding hydrogens is 426 g/mol. The molecular formula is C19H14F6N6. The smallest absolute Gasteiger partial charge is 0.244 e. The van der Waals surface area contributed by atoms with E-state index in [-0.39, 0.29) is 22.9 Å². The summed E-state index contributed by atoms with van der Waals surface area (Å²) in [5, 5.41) is 15.1. The highest BCUT2D eigenvalue weighted by molar-refractivity contribution is 5.83. The normalized spacial score (nSPS) is 12.7. The summed E-state index contributed by atoms with van der Waals surface area (Å²) >= 11 is 0. The van der Waals surface area contributed by atoms with Crippen molar-refractivity contribution in [2.24, 2.45) is 10.2 Å². The summed E-state index contributed by atoms with van der Waals surface area (Å²) in [4.78, 5) is 0. The van der Waals surface area contributed by atoms with Gasteiger partial charge in [-0.05, 0) is 19.1 Å². The summed E-state index contributed by atoms with van der Waals surface area (Å²) in [6, 6.07) is 9.66. The summed E-state index contributed by atoms with van der Waals surface area (Å²) in [7, 11) is 0. The molecule has 0 saturated carbocycles. The van der Waals surface area contributed by atoms with E-state index in [1.807, 2.05) is 0 Å². The number of aryl methyl sites for hydroxylation is 1. The van der Waals surface area contributed by atoms with Gasteiger partial charge in [0.25, 0.3) is 5.95 Å². The fourth-order valence-corrected chi connectivity index (χ4v) is 2.58. The van der Waals surface area contributed by atoms with Gasteiger partial charge >= 0.3 is 12.4 Å². The zero-order chi connectivity index (χ0) is 22.6. The van der Waals surface area contributed by atoms with E-state index in [4.69, 9.17) is 0 Å². The van der Waals surface area contributed by atoms with Crippen molar-refractivity contribution >= 4 is 18.4 Å². The zero-order valence-corrected chi connectivity index (χ0v) is 15.8. The number of aromatic nitrogens is 3. The van der Waals surface area contributed by atoms with Crippen molar-refractivity contribution in [1.82, 2.24) is 14.9 Å². The van der Waals surface area contributed by atoms with Crippen molar-refractivity contribution in [1.29, 1.82) is 0 Å². The summed E-state index contributed by atoms with van der Waals surface area (Å²) < 4.78 is 79.5. The van der Waals surface area contributed by atoms with E-state index in [2.05, 4.69) is 25.8 Å². The van der Waals surface area contributed by atoms with E-state index >= 15 is 0 Å². The molecule has 12 heteroatoms. The Kier molecular flexibility index (Phi) is 6.09. The van der Waals surface area contributed by atoms with Gasteiger partial charge in [-0.1, -0.05) is 36.4 Å². The van der Waals surface area contributed by atoms with Crippen LogP contribution in [0.2, 0.25) is 0 Å². The van der Waals surface area contributed by atoms with Crippen LogP contribution in [0, 0.1) is 6.92 Å². The SMILES string of the molecule is Cc1nnc(N/N=C/c2ccccc2C(F)(F)F)n1/N=C\c1ccccc1C(F)(F)F.